The van der Waals surface area contributed by atoms with Crippen LogP contribution in [0, 0.1) is 11.7 Å². The maximum atomic E-state index is 13.2. The molecule has 0 aliphatic carbocycles. The van der Waals surface area contributed by atoms with Crippen LogP contribution in [-0.2, 0) is 4.79 Å². The Morgan fingerprint density at radius 3 is 2.59 bits per heavy atom. The van der Waals surface area contributed by atoms with Crippen LogP contribution in [0.4, 0.5) is 13.2 Å². The van der Waals surface area contributed by atoms with E-state index in [2.05, 4.69) is 10.2 Å². The van der Waals surface area contributed by atoms with Crippen LogP contribution in [0.2, 0.25) is 0 Å². The summed E-state index contributed by atoms with van der Waals surface area (Å²) in [5.74, 6) is -1.32. The molecule has 122 valence electrons. The molecule has 1 aromatic rings. The Labute approximate surface area is 128 Å². The molecule has 3 nitrogen and oxygen atoms in total. The second-order valence-corrected chi connectivity index (χ2v) is 5.64. The van der Waals surface area contributed by atoms with Crippen molar-refractivity contribution in [3.05, 3.63) is 35.6 Å². The van der Waals surface area contributed by atoms with Crippen LogP contribution in [0.3, 0.4) is 0 Å². The van der Waals surface area contributed by atoms with E-state index in [9.17, 15) is 18.0 Å². The lowest BCUT2D eigenvalue weighted by Crippen LogP contribution is -2.46. The van der Waals surface area contributed by atoms with Crippen LogP contribution < -0.4 is 5.32 Å². The van der Waals surface area contributed by atoms with Gasteiger partial charge in [-0.25, -0.2) is 13.2 Å². The molecule has 0 aromatic heterocycles. The van der Waals surface area contributed by atoms with E-state index in [0.29, 0.717) is 13.0 Å². The molecule has 6 heteroatoms. The van der Waals surface area contributed by atoms with Crippen molar-refractivity contribution in [2.75, 3.05) is 19.6 Å². The molecule has 1 heterocycles. The van der Waals surface area contributed by atoms with Gasteiger partial charge in [-0.15, -0.1) is 0 Å². The maximum Gasteiger partial charge on any atom is 0.262 e. The molecule has 0 spiro atoms. The minimum absolute atomic E-state index is 0.0853. The Balaban J connectivity index is 2.04. The van der Waals surface area contributed by atoms with Gasteiger partial charge in [-0.05, 0) is 43.6 Å². The number of hydrogen-bond donors (Lipinski definition) is 1. The number of nitrogens with zero attached hydrogens (tertiary/aromatic N) is 1. The van der Waals surface area contributed by atoms with E-state index < -0.39 is 24.2 Å². The molecule has 1 aliphatic heterocycles. The highest BCUT2D eigenvalue weighted by Crippen LogP contribution is 2.23. The first-order valence-electron chi connectivity index (χ1n) is 7.57. The smallest absolute Gasteiger partial charge is 0.262 e. The number of benzene rings is 1. The number of carbonyl (C=O) groups excluding carboxylic acids is 1. The third kappa shape index (κ3) is 4.22. The highest BCUT2D eigenvalue weighted by atomic mass is 19.3. The van der Waals surface area contributed by atoms with E-state index in [4.69, 9.17) is 0 Å². The van der Waals surface area contributed by atoms with Gasteiger partial charge in [-0.1, -0.05) is 19.1 Å². The van der Waals surface area contributed by atoms with E-state index in [1.54, 1.807) is 0 Å². The summed E-state index contributed by atoms with van der Waals surface area (Å²) < 4.78 is 39.7. The van der Waals surface area contributed by atoms with Crippen LogP contribution >= 0.6 is 0 Å². The van der Waals surface area contributed by atoms with Crippen LogP contribution in [0.15, 0.2) is 24.3 Å². The van der Waals surface area contributed by atoms with Crippen LogP contribution in [-0.4, -0.2) is 36.9 Å². The second kappa shape index (κ2) is 7.63. The lowest BCUT2D eigenvalue weighted by Gasteiger charge is -2.33. The second-order valence-electron chi connectivity index (χ2n) is 5.64. The number of rotatable bonds is 7. The van der Waals surface area contributed by atoms with Gasteiger partial charge in [0.15, 0.2) is 0 Å². The SMILES string of the molecule is CCC(CN1CCC1)C(=O)N[C@H](c1cccc(F)c1)C(F)F. The molecule has 22 heavy (non-hydrogen) atoms. The quantitative estimate of drug-likeness (QED) is 0.839. The molecule has 1 saturated heterocycles. The predicted octanol–water partition coefficient (Wildman–Crippen LogP) is 2.98. The van der Waals surface area contributed by atoms with Crippen molar-refractivity contribution in [1.29, 1.82) is 0 Å². The number of alkyl halides is 2. The van der Waals surface area contributed by atoms with Gasteiger partial charge in [-0.3, -0.25) is 4.79 Å². The molecule has 1 N–H and O–H groups in total. The van der Waals surface area contributed by atoms with Gasteiger partial charge in [0.25, 0.3) is 6.43 Å². The molecule has 1 unspecified atom stereocenters. The van der Waals surface area contributed by atoms with E-state index >= 15 is 0 Å². The Morgan fingerprint density at radius 1 is 1.36 bits per heavy atom. The fraction of sp³-hybridized carbons (Fsp3) is 0.562. The Bertz CT molecular complexity index is 506. The highest BCUT2D eigenvalue weighted by Gasteiger charge is 2.29. The van der Waals surface area contributed by atoms with Gasteiger partial charge < -0.3 is 10.2 Å². The largest absolute Gasteiger partial charge is 0.343 e. The summed E-state index contributed by atoms with van der Waals surface area (Å²) in [7, 11) is 0. The predicted molar refractivity (Wildman–Crippen MR) is 78.1 cm³/mol. The van der Waals surface area contributed by atoms with E-state index in [1.807, 2.05) is 6.92 Å². The molecule has 0 saturated carbocycles. The molecular weight excluding hydrogens is 293 g/mol. The number of hydrogen-bond acceptors (Lipinski definition) is 2. The summed E-state index contributed by atoms with van der Waals surface area (Å²) in [6.07, 6.45) is -1.09. The zero-order valence-electron chi connectivity index (χ0n) is 12.6. The zero-order chi connectivity index (χ0) is 16.1. The van der Waals surface area contributed by atoms with Crippen molar-refractivity contribution in [2.45, 2.75) is 32.2 Å². The summed E-state index contributed by atoms with van der Waals surface area (Å²) in [6.45, 7) is 4.35. The van der Waals surface area contributed by atoms with Gasteiger partial charge >= 0.3 is 0 Å². The average molecular weight is 314 g/mol. The lowest BCUT2D eigenvalue weighted by atomic mass is 10.0. The van der Waals surface area contributed by atoms with Crippen LogP contribution in [0.25, 0.3) is 0 Å². The first kappa shape index (κ1) is 16.8. The third-order valence-corrected chi connectivity index (χ3v) is 4.05. The summed E-state index contributed by atoms with van der Waals surface area (Å²) in [5.41, 5.74) is 0.0853. The van der Waals surface area contributed by atoms with Gasteiger partial charge in [0.1, 0.15) is 11.9 Å². The molecule has 1 fully saturated rings. The van der Waals surface area contributed by atoms with Crippen molar-refractivity contribution >= 4 is 5.91 Å². The van der Waals surface area contributed by atoms with E-state index in [1.165, 1.54) is 18.2 Å². The number of carbonyl (C=O) groups is 1. The van der Waals surface area contributed by atoms with Gasteiger partial charge in [0.2, 0.25) is 5.91 Å². The van der Waals surface area contributed by atoms with Gasteiger partial charge in [0.05, 0.1) is 5.92 Å². The molecular formula is C16H21F3N2O. The maximum absolute atomic E-state index is 13.2. The van der Waals surface area contributed by atoms with E-state index in [0.717, 1.165) is 25.6 Å². The Morgan fingerprint density at radius 2 is 2.09 bits per heavy atom. The fourth-order valence-corrected chi connectivity index (χ4v) is 2.54. The number of likely N-dealkylation sites (tertiary alicyclic amines) is 1. The van der Waals surface area contributed by atoms with Gasteiger partial charge in [-0.2, -0.15) is 0 Å². The van der Waals surface area contributed by atoms with Crippen molar-refractivity contribution in [3.63, 3.8) is 0 Å². The first-order valence-corrected chi connectivity index (χ1v) is 7.57. The monoisotopic (exact) mass is 314 g/mol. The lowest BCUT2D eigenvalue weighted by molar-refractivity contribution is -0.128. The first-order chi connectivity index (χ1) is 10.5. The standard InChI is InChI=1S/C16H21F3N2O/c1-2-11(10-21-7-4-8-21)16(22)20-14(15(18)19)12-5-3-6-13(17)9-12/h3,5-6,9,11,14-15H,2,4,7-8,10H2,1H3,(H,20,22)/t11?,14-/m1/s1. The fourth-order valence-electron chi connectivity index (χ4n) is 2.54. The zero-order valence-corrected chi connectivity index (χ0v) is 12.6. The van der Waals surface area contributed by atoms with Gasteiger partial charge in [0, 0.05) is 6.54 Å². The van der Waals surface area contributed by atoms with Crippen molar-refractivity contribution in [2.24, 2.45) is 5.92 Å². The normalized spacial score (nSPS) is 17.9. The van der Waals surface area contributed by atoms with Crippen molar-refractivity contribution in [1.82, 2.24) is 10.2 Å². The minimum atomic E-state index is -2.78. The molecule has 1 amide bonds. The highest BCUT2D eigenvalue weighted by molar-refractivity contribution is 5.79. The number of halogens is 3. The minimum Gasteiger partial charge on any atom is -0.343 e. The third-order valence-electron chi connectivity index (χ3n) is 4.05. The number of amides is 1. The Kier molecular flexibility index (Phi) is 5.83. The molecule has 1 aromatic carbocycles. The molecule has 1 aliphatic rings. The van der Waals surface area contributed by atoms with E-state index in [-0.39, 0.29) is 11.5 Å². The molecule has 0 bridgehead atoms. The summed E-state index contributed by atoms with van der Waals surface area (Å²) >= 11 is 0. The molecule has 2 atom stereocenters. The Hall–Kier alpha value is -1.56. The van der Waals surface area contributed by atoms with Crippen LogP contribution in [0.5, 0.6) is 0 Å². The summed E-state index contributed by atoms with van der Waals surface area (Å²) in [5, 5.41) is 2.38. The molecule has 2 rings (SSSR count). The van der Waals surface area contributed by atoms with Crippen molar-refractivity contribution < 1.29 is 18.0 Å². The van der Waals surface area contributed by atoms with Crippen molar-refractivity contribution in [3.8, 4) is 0 Å². The number of nitrogens with one attached hydrogen (secondary N) is 1. The summed E-state index contributed by atoms with van der Waals surface area (Å²) in [6, 6.07) is 3.51. The van der Waals surface area contributed by atoms with Crippen LogP contribution in [0.1, 0.15) is 31.4 Å². The summed E-state index contributed by atoms with van der Waals surface area (Å²) in [4.78, 5) is 14.4. The average Bonchev–Trinajstić information content (AvgIpc) is 2.43. The molecule has 0 radical (unpaired) electrons. The topological polar surface area (TPSA) is 32.3 Å².